The van der Waals surface area contributed by atoms with Crippen LogP contribution in [-0.4, -0.2) is 79.5 Å². The number of aliphatic hydroxyl groups excluding tert-OH is 1. The number of rotatable bonds is 6. The van der Waals surface area contributed by atoms with Gasteiger partial charge in [-0.25, -0.2) is 0 Å². The molecule has 1 atom stereocenters. The molecule has 0 spiro atoms. The molecule has 0 amide bonds. The topological polar surface area (TPSA) is 51.1 Å². The van der Waals surface area contributed by atoms with E-state index < -0.39 is 12.7 Å². The highest BCUT2D eigenvalue weighted by atomic mass is 127. The monoisotopic (exact) mass is 438 g/mol. The van der Waals surface area contributed by atoms with E-state index in [1.165, 1.54) is 11.9 Å². The average Bonchev–Trinajstić information content (AvgIpc) is 2.77. The van der Waals surface area contributed by atoms with Crippen molar-refractivity contribution in [3.63, 3.8) is 0 Å². The van der Waals surface area contributed by atoms with Crippen molar-refractivity contribution in [1.29, 1.82) is 0 Å². The zero-order valence-electron chi connectivity index (χ0n) is 13.1. The van der Waals surface area contributed by atoms with Gasteiger partial charge in [0.15, 0.2) is 5.96 Å². The van der Waals surface area contributed by atoms with Crippen LogP contribution in [0.1, 0.15) is 19.8 Å². The number of likely N-dealkylation sites (tertiary alicyclic amines) is 1. The molecule has 1 aliphatic heterocycles. The van der Waals surface area contributed by atoms with E-state index in [-0.39, 0.29) is 30.1 Å². The van der Waals surface area contributed by atoms with Crippen LogP contribution >= 0.6 is 24.0 Å². The summed E-state index contributed by atoms with van der Waals surface area (Å²) in [4.78, 5) is 7.64. The zero-order valence-corrected chi connectivity index (χ0v) is 15.4. The van der Waals surface area contributed by atoms with E-state index in [2.05, 4.69) is 10.3 Å². The van der Waals surface area contributed by atoms with Gasteiger partial charge in [-0.3, -0.25) is 9.89 Å². The minimum atomic E-state index is -4.15. The second-order valence-corrected chi connectivity index (χ2v) is 5.33. The summed E-state index contributed by atoms with van der Waals surface area (Å²) < 4.78 is 36.5. The fraction of sp³-hybridized carbons (Fsp3) is 0.923. The zero-order chi connectivity index (χ0) is 15.9. The highest BCUT2D eigenvalue weighted by Gasteiger charge is 2.28. The van der Waals surface area contributed by atoms with E-state index in [0.717, 1.165) is 25.5 Å². The molecule has 0 bridgehead atoms. The Morgan fingerprint density at radius 3 is 2.64 bits per heavy atom. The van der Waals surface area contributed by atoms with E-state index in [9.17, 15) is 18.3 Å². The fourth-order valence-corrected chi connectivity index (χ4v) is 2.27. The first-order chi connectivity index (χ1) is 9.81. The van der Waals surface area contributed by atoms with Gasteiger partial charge in [0.25, 0.3) is 0 Å². The molecule has 132 valence electrons. The highest BCUT2D eigenvalue weighted by molar-refractivity contribution is 14.0. The minimum Gasteiger partial charge on any atom is -0.391 e. The molecule has 0 unspecified atom stereocenters. The summed E-state index contributed by atoms with van der Waals surface area (Å²) in [6.45, 7) is 3.91. The van der Waals surface area contributed by atoms with Gasteiger partial charge in [-0.15, -0.1) is 24.0 Å². The first kappa shape index (κ1) is 21.7. The molecule has 1 heterocycles. The van der Waals surface area contributed by atoms with Gasteiger partial charge in [-0.05, 0) is 33.4 Å². The Hall–Kier alpha value is -0.290. The van der Waals surface area contributed by atoms with Crippen molar-refractivity contribution in [2.45, 2.75) is 32.0 Å². The molecule has 0 aromatic carbocycles. The van der Waals surface area contributed by atoms with Crippen LogP contribution in [0.3, 0.4) is 0 Å². The number of nitrogens with zero attached hydrogens (tertiary/aromatic N) is 3. The molecule has 22 heavy (non-hydrogen) atoms. The Kier molecular flexibility index (Phi) is 10.3. The maximum atomic E-state index is 12.2. The van der Waals surface area contributed by atoms with Crippen molar-refractivity contribution in [1.82, 2.24) is 15.1 Å². The van der Waals surface area contributed by atoms with Crippen LogP contribution in [0.5, 0.6) is 0 Å². The Bertz CT molecular complexity index is 342. The lowest BCUT2D eigenvalue weighted by Crippen LogP contribution is -2.40. The number of β-amino-alcohol motifs (C(OH)–C–C–N with tert-alkyl or cyclic N) is 1. The third kappa shape index (κ3) is 8.99. The lowest BCUT2D eigenvalue weighted by atomic mass is 10.3. The number of alkyl halides is 3. The highest BCUT2D eigenvalue weighted by Crippen LogP contribution is 2.15. The predicted octanol–water partition coefficient (Wildman–Crippen LogP) is 1.52. The number of guanidine groups is 1. The third-order valence-electron chi connectivity index (χ3n) is 3.21. The maximum Gasteiger partial charge on any atom is 0.401 e. The lowest BCUT2D eigenvalue weighted by Gasteiger charge is -2.21. The van der Waals surface area contributed by atoms with Crippen LogP contribution in [-0.2, 0) is 0 Å². The van der Waals surface area contributed by atoms with Crippen molar-refractivity contribution >= 4 is 29.9 Å². The second-order valence-electron chi connectivity index (χ2n) is 5.33. The fourth-order valence-electron chi connectivity index (χ4n) is 2.27. The number of halogens is 4. The summed E-state index contributed by atoms with van der Waals surface area (Å²) >= 11 is 0. The van der Waals surface area contributed by atoms with Gasteiger partial charge in [0.1, 0.15) is 0 Å². The first-order valence-corrected chi connectivity index (χ1v) is 7.28. The Labute approximate surface area is 147 Å². The van der Waals surface area contributed by atoms with Crippen LogP contribution in [0.4, 0.5) is 13.2 Å². The van der Waals surface area contributed by atoms with Crippen LogP contribution in [0.15, 0.2) is 4.99 Å². The van der Waals surface area contributed by atoms with E-state index >= 15 is 0 Å². The van der Waals surface area contributed by atoms with E-state index in [0.29, 0.717) is 26.1 Å². The summed E-state index contributed by atoms with van der Waals surface area (Å²) in [7, 11) is 1.46. The molecule has 1 saturated heterocycles. The molecule has 2 N–H and O–H groups in total. The molecule has 0 aliphatic carbocycles. The molecule has 9 heteroatoms. The molecular weight excluding hydrogens is 412 g/mol. The summed E-state index contributed by atoms with van der Waals surface area (Å²) in [6, 6.07) is 0. The van der Waals surface area contributed by atoms with Crippen molar-refractivity contribution in [3.8, 4) is 0 Å². The van der Waals surface area contributed by atoms with E-state index in [4.69, 9.17) is 0 Å². The van der Waals surface area contributed by atoms with Gasteiger partial charge in [0.05, 0.1) is 12.6 Å². The summed E-state index contributed by atoms with van der Waals surface area (Å²) in [5.41, 5.74) is 0. The Balaban J connectivity index is 0.00000441. The molecule has 1 aliphatic rings. The molecule has 1 fully saturated rings. The largest absolute Gasteiger partial charge is 0.401 e. The van der Waals surface area contributed by atoms with Gasteiger partial charge in [0, 0.05) is 26.2 Å². The van der Waals surface area contributed by atoms with Gasteiger partial charge < -0.3 is 15.3 Å². The standard InChI is InChI=1S/C13H25F3N4O.HI/c1-3-17-12(20-8-5-11(21)9-20)18-6-4-7-19(2)10-13(14,15)16;/h11,21H,3-10H2,1-2H3,(H,17,18);1H/t11-;/m1./s1. The minimum absolute atomic E-state index is 0. The van der Waals surface area contributed by atoms with Crippen molar-refractivity contribution in [2.24, 2.45) is 4.99 Å². The molecule has 0 aromatic rings. The van der Waals surface area contributed by atoms with Gasteiger partial charge >= 0.3 is 6.18 Å². The Morgan fingerprint density at radius 2 is 2.14 bits per heavy atom. The third-order valence-corrected chi connectivity index (χ3v) is 3.21. The van der Waals surface area contributed by atoms with Gasteiger partial charge in [-0.1, -0.05) is 0 Å². The van der Waals surface area contributed by atoms with E-state index in [1.54, 1.807) is 0 Å². The van der Waals surface area contributed by atoms with Crippen molar-refractivity contribution in [3.05, 3.63) is 0 Å². The normalized spacial score (nSPS) is 19.5. The first-order valence-electron chi connectivity index (χ1n) is 7.28. The molecule has 0 radical (unpaired) electrons. The number of aliphatic hydroxyl groups is 1. The lowest BCUT2D eigenvalue weighted by molar-refractivity contribution is -0.143. The van der Waals surface area contributed by atoms with E-state index in [1.807, 2.05) is 11.8 Å². The maximum absolute atomic E-state index is 12.2. The molecule has 1 rings (SSSR count). The summed E-state index contributed by atoms with van der Waals surface area (Å²) in [5, 5.41) is 12.7. The number of aliphatic imine (C=N–C) groups is 1. The van der Waals surface area contributed by atoms with Crippen LogP contribution < -0.4 is 5.32 Å². The SMILES string of the molecule is CCNC(=NCCCN(C)CC(F)(F)F)N1CC[C@@H](O)C1.I. The quantitative estimate of drug-likeness (QED) is 0.286. The predicted molar refractivity (Wildman–Crippen MR) is 91.8 cm³/mol. The summed E-state index contributed by atoms with van der Waals surface area (Å²) in [6.07, 6.45) is -3.19. The van der Waals surface area contributed by atoms with Gasteiger partial charge in [-0.2, -0.15) is 13.2 Å². The molecule has 0 saturated carbocycles. The molecule has 5 nitrogen and oxygen atoms in total. The number of hydrogen-bond acceptors (Lipinski definition) is 3. The Morgan fingerprint density at radius 1 is 1.45 bits per heavy atom. The van der Waals surface area contributed by atoms with Crippen LogP contribution in [0.25, 0.3) is 0 Å². The molecule has 0 aromatic heterocycles. The van der Waals surface area contributed by atoms with Crippen LogP contribution in [0, 0.1) is 0 Å². The second kappa shape index (κ2) is 10.5. The number of hydrogen-bond donors (Lipinski definition) is 2. The van der Waals surface area contributed by atoms with Crippen molar-refractivity contribution in [2.75, 3.05) is 46.3 Å². The molecular formula is C13H26F3IN4O. The summed E-state index contributed by atoms with van der Waals surface area (Å²) in [5.74, 6) is 0.729. The van der Waals surface area contributed by atoms with Gasteiger partial charge in [0.2, 0.25) is 0 Å². The number of nitrogens with one attached hydrogen (secondary N) is 1. The van der Waals surface area contributed by atoms with Crippen LogP contribution in [0.2, 0.25) is 0 Å². The van der Waals surface area contributed by atoms with Crippen molar-refractivity contribution < 1.29 is 18.3 Å². The smallest absolute Gasteiger partial charge is 0.391 e. The average molecular weight is 438 g/mol.